The number of hydrogen-bond acceptors (Lipinski definition) is 2. The predicted octanol–water partition coefficient (Wildman–Crippen LogP) is 3.66. The van der Waals surface area contributed by atoms with Gasteiger partial charge in [0.2, 0.25) is 0 Å². The highest BCUT2D eigenvalue weighted by molar-refractivity contribution is 6.08. The summed E-state index contributed by atoms with van der Waals surface area (Å²) >= 11 is 0. The third kappa shape index (κ3) is 2.23. The first kappa shape index (κ1) is 16.1. The van der Waals surface area contributed by atoms with Gasteiger partial charge in [-0.15, -0.1) is 0 Å². The molecule has 0 saturated carbocycles. The molecule has 2 aliphatic rings. The molecule has 2 aromatic carbocycles. The largest absolute Gasteiger partial charge is 0.315 e. The van der Waals surface area contributed by atoms with Gasteiger partial charge in [-0.3, -0.25) is 9.59 Å². The molecule has 27 heavy (non-hydrogen) atoms. The highest BCUT2D eigenvalue weighted by Gasteiger charge is 2.38. The van der Waals surface area contributed by atoms with E-state index in [2.05, 4.69) is 6.07 Å². The number of hydrogen-bond donors (Lipinski definition) is 0. The van der Waals surface area contributed by atoms with Crippen molar-refractivity contribution in [3.05, 3.63) is 87.3 Å². The van der Waals surface area contributed by atoms with Crippen molar-refractivity contribution in [2.45, 2.75) is 19.3 Å². The smallest absolute Gasteiger partial charge is 0.258 e. The summed E-state index contributed by atoms with van der Waals surface area (Å²) in [5.74, 6) is 0.261. The maximum atomic E-state index is 13.1. The van der Waals surface area contributed by atoms with Gasteiger partial charge in [0.25, 0.3) is 11.5 Å². The van der Waals surface area contributed by atoms with E-state index in [1.165, 1.54) is 5.56 Å². The number of benzene rings is 2. The van der Waals surface area contributed by atoms with Gasteiger partial charge in [-0.25, -0.2) is 0 Å². The molecule has 0 radical (unpaired) electrons. The fourth-order valence-electron chi connectivity index (χ4n) is 4.60. The molecule has 1 aliphatic heterocycles. The van der Waals surface area contributed by atoms with Crippen LogP contribution in [0.15, 0.2) is 59.4 Å². The number of carbonyl (C=O) groups is 1. The van der Waals surface area contributed by atoms with Crippen molar-refractivity contribution in [3.63, 3.8) is 0 Å². The van der Waals surface area contributed by atoms with Gasteiger partial charge in [0.05, 0.1) is 0 Å². The van der Waals surface area contributed by atoms with Crippen molar-refractivity contribution in [2.24, 2.45) is 7.05 Å². The SMILES string of the molecule is Cc1cc2c(n(C)c1=O)CC1CN(C(=O)c3ccccc3)c3cccc-2c31. The minimum absolute atomic E-state index is 0.0347. The van der Waals surface area contributed by atoms with Gasteiger partial charge in [0.15, 0.2) is 0 Å². The van der Waals surface area contributed by atoms with E-state index in [-0.39, 0.29) is 17.4 Å². The summed E-state index contributed by atoms with van der Waals surface area (Å²) < 4.78 is 1.78. The fraction of sp³-hybridized carbons (Fsp3) is 0.217. The van der Waals surface area contributed by atoms with E-state index in [4.69, 9.17) is 0 Å². The zero-order valence-electron chi connectivity index (χ0n) is 15.4. The van der Waals surface area contributed by atoms with Crippen LogP contribution in [0.5, 0.6) is 0 Å². The first-order chi connectivity index (χ1) is 13.1. The van der Waals surface area contributed by atoms with Crippen molar-refractivity contribution < 1.29 is 4.79 Å². The maximum Gasteiger partial charge on any atom is 0.258 e. The Morgan fingerprint density at radius 3 is 2.59 bits per heavy atom. The number of fused-ring (bicyclic) bond motifs is 2. The number of carbonyl (C=O) groups excluding carboxylic acids is 1. The molecule has 0 N–H and O–H groups in total. The molecule has 1 aromatic heterocycles. The number of nitrogens with zero attached hydrogens (tertiary/aromatic N) is 2. The van der Waals surface area contributed by atoms with Crippen LogP contribution < -0.4 is 10.5 Å². The summed E-state index contributed by atoms with van der Waals surface area (Å²) in [6.07, 6.45) is 0.782. The second kappa shape index (κ2) is 5.68. The Morgan fingerprint density at radius 2 is 1.81 bits per heavy atom. The fourth-order valence-corrected chi connectivity index (χ4v) is 4.60. The molecule has 2 heterocycles. The van der Waals surface area contributed by atoms with Crippen LogP contribution in [0.4, 0.5) is 5.69 Å². The Kier molecular flexibility index (Phi) is 3.38. The molecule has 0 spiro atoms. The standard InChI is InChI=1S/C23H20N2O2/c1-14-11-18-17-9-6-10-19-21(17)16(12-20(18)24(2)22(14)26)13-25(19)23(27)15-7-4-3-5-8-15/h3-11,16H,12-13H2,1-2H3. The van der Waals surface area contributed by atoms with Crippen LogP contribution >= 0.6 is 0 Å². The summed E-state index contributed by atoms with van der Waals surface area (Å²) in [7, 11) is 1.85. The van der Waals surface area contributed by atoms with Crippen molar-refractivity contribution in [2.75, 3.05) is 11.4 Å². The minimum atomic E-state index is 0.0347. The van der Waals surface area contributed by atoms with E-state index in [1.807, 2.05) is 67.4 Å². The average Bonchev–Trinajstić information content (AvgIpc) is 3.07. The zero-order valence-corrected chi connectivity index (χ0v) is 15.4. The van der Waals surface area contributed by atoms with Gasteiger partial charge in [-0.1, -0.05) is 30.3 Å². The highest BCUT2D eigenvalue weighted by Crippen LogP contribution is 2.48. The first-order valence-electron chi connectivity index (χ1n) is 9.26. The Hall–Kier alpha value is -3.14. The summed E-state index contributed by atoms with van der Waals surface area (Å²) in [5, 5.41) is 0. The van der Waals surface area contributed by atoms with E-state index in [0.29, 0.717) is 12.1 Å². The lowest BCUT2D eigenvalue weighted by atomic mass is 9.81. The van der Waals surface area contributed by atoms with E-state index < -0.39 is 0 Å². The lowest BCUT2D eigenvalue weighted by molar-refractivity contribution is 0.0988. The summed E-state index contributed by atoms with van der Waals surface area (Å²) in [4.78, 5) is 27.4. The van der Waals surface area contributed by atoms with Crippen molar-refractivity contribution in [1.82, 2.24) is 4.57 Å². The van der Waals surface area contributed by atoms with E-state index >= 15 is 0 Å². The number of anilines is 1. The normalized spacial score (nSPS) is 16.8. The summed E-state index contributed by atoms with van der Waals surface area (Å²) in [5.41, 5.74) is 7.10. The van der Waals surface area contributed by atoms with Crippen LogP contribution in [-0.4, -0.2) is 17.0 Å². The Balaban J connectivity index is 1.67. The lowest BCUT2D eigenvalue weighted by Gasteiger charge is -2.26. The number of pyridine rings is 1. The molecule has 3 aromatic rings. The number of aromatic nitrogens is 1. The lowest BCUT2D eigenvalue weighted by Crippen LogP contribution is -2.31. The third-order valence-corrected chi connectivity index (χ3v) is 5.90. The Labute approximate surface area is 157 Å². The van der Waals surface area contributed by atoms with Gasteiger partial charge in [-0.2, -0.15) is 0 Å². The van der Waals surface area contributed by atoms with Crippen LogP contribution in [0, 0.1) is 6.92 Å². The molecule has 134 valence electrons. The molecule has 1 amide bonds. The van der Waals surface area contributed by atoms with Gasteiger partial charge >= 0.3 is 0 Å². The maximum absolute atomic E-state index is 13.1. The topological polar surface area (TPSA) is 42.3 Å². The molecule has 0 bridgehead atoms. The second-order valence-electron chi connectivity index (χ2n) is 7.47. The second-order valence-corrected chi connectivity index (χ2v) is 7.47. The van der Waals surface area contributed by atoms with Crippen molar-refractivity contribution >= 4 is 11.6 Å². The molecule has 0 saturated heterocycles. The molecule has 5 rings (SSSR count). The number of amides is 1. The Bertz CT molecular complexity index is 1150. The molecule has 0 fully saturated rings. The number of aryl methyl sites for hydroxylation is 1. The van der Waals surface area contributed by atoms with Crippen LogP contribution in [0.1, 0.15) is 33.1 Å². The number of rotatable bonds is 1. The van der Waals surface area contributed by atoms with Gasteiger partial charge in [-0.05, 0) is 48.7 Å². The summed E-state index contributed by atoms with van der Waals surface area (Å²) in [6, 6.07) is 17.6. The van der Waals surface area contributed by atoms with Crippen molar-refractivity contribution in [1.29, 1.82) is 0 Å². The Morgan fingerprint density at radius 1 is 1.04 bits per heavy atom. The van der Waals surface area contributed by atoms with Gasteiger partial charge in [0, 0.05) is 47.6 Å². The molecular weight excluding hydrogens is 336 g/mol. The van der Waals surface area contributed by atoms with Crippen LogP contribution in [0.2, 0.25) is 0 Å². The summed E-state index contributed by atoms with van der Waals surface area (Å²) in [6.45, 7) is 2.52. The van der Waals surface area contributed by atoms with E-state index in [0.717, 1.165) is 34.5 Å². The quantitative estimate of drug-likeness (QED) is 0.668. The monoisotopic (exact) mass is 356 g/mol. The molecular formula is C23H20N2O2. The predicted molar refractivity (Wildman–Crippen MR) is 106 cm³/mol. The molecule has 1 aliphatic carbocycles. The highest BCUT2D eigenvalue weighted by atomic mass is 16.2. The van der Waals surface area contributed by atoms with Crippen LogP contribution in [0.25, 0.3) is 11.1 Å². The van der Waals surface area contributed by atoms with E-state index in [1.54, 1.807) is 4.57 Å². The van der Waals surface area contributed by atoms with Gasteiger partial charge < -0.3 is 9.47 Å². The van der Waals surface area contributed by atoms with Crippen LogP contribution in [0.3, 0.4) is 0 Å². The first-order valence-corrected chi connectivity index (χ1v) is 9.26. The third-order valence-electron chi connectivity index (χ3n) is 5.90. The molecule has 4 heteroatoms. The van der Waals surface area contributed by atoms with Gasteiger partial charge in [0.1, 0.15) is 0 Å². The van der Waals surface area contributed by atoms with E-state index in [9.17, 15) is 9.59 Å². The van der Waals surface area contributed by atoms with Crippen LogP contribution in [-0.2, 0) is 13.5 Å². The minimum Gasteiger partial charge on any atom is -0.315 e. The molecule has 4 nitrogen and oxygen atoms in total. The molecule has 1 atom stereocenters. The average molecular weight is 356 g/mol. The zero-order chi connectivity index (χ0) is 18.7. The molecule has 1 unspecified atom stereocenters. The van der Waals surface area contributed by atoms with Crippen molar-refractivity contribution in [3.8, 4) is 11.1 Å².